The highest BCUT2D eigenvalue weighted by molar-refractivity contribution is 6.19. The van der Waals surface area contributed by atoms with Gasteiger partial charge >= 0.3 is 0 Å². The van der Waals surface area contributed by atoms with Crippen LogP contribution in [0.4, 0.5) is 0 Å². The molecule has 2 amide bonds. The van der Waals surface area contributed by atoms with Crippen LogP contribution in [-0.4, -0.2) is 47.0 Å². The molecule has 0 saturated heterocycles. The standard InChI is InChI=1S/C12H16N2O3/c1-8(2)14-11(16)9-4-3-5-13(6-7-15)10(9)12(14)17/h7-8H,3-6H2,1-2H3. The number of aldehydes is 1. The first-order valence-electron chi connectivity index (χ1n) is 5.87. The Morgan fingerprint density at radius 2 is 2.00 bits per heavy atom. The predicted octanol–water partition coefficient (Wildman–Crippen LogP) is 0.312. The second-order valence-corrected chi connectivity index (χ2v) is 4.62. The summed E-state index contributed by atoms with van der Waals surface area (Å²) in [6, 6.07) is -0.140. The first kappa shape index (κ1) is 11.8. The molecule has 0 bridgehead atoms. The largest absolute Gasteiger partial charge is 0.360 e. The molecule has 0 unspecified atom stereocenters. The number of imide groups is 1. The first-order chi connectivity index (χ1) is 8.07. The first-order valence-corrected chi connectivity index (χ1v) is 5.87. The molecule has 92 valence electrons. The Labute approximate surface area is 100 Å². The van der Waals surface area contributed by atoms with Gasteiger partial charge in [0.2, 0.25) is 0 Å². The molecular formula is C12H16N2O3. The third-order valence-corrected chi connectivity index (χ3v) is 3.17. The zero-order valence-corrected chi connectivity index (χ0v) is 10.1. The molecule has 2 aliphatic rings. The van der Waals surface area contributed by atoms with Crippen molar-refractivity contribution in [3.8, 4) is 0 Å². The predicted molar refractivity (Wildman–Crippen MR) is 60.9 cm³/mol. The zero-order valence-electron chi connectivity index (χ0n) is 10.1. The van der Waals surface area contributed by atoms with Crippen molar-refractivity contribution in [1.82, 2.24) is 9.80 Å². The van der Waals surface area contributed by atoms with E-state index in [1.165, 1.54) is 4.90 Å². The average Bonchev–Trinajstić information content (AvgIpc) is 2.53. The number of carbonyl (C=O) groups is 3. The molecule has 17 heavy (non-hydrogen) atoms. The van der Waals surface area contributed by atoms with Crippen molar-refractivity contribution in [2.24, 2.45) is 0 Å². The van der Waals surface area contributed by atoms with Crippen molar-refractivity contribution in [2.75, 3.05) is 13.1 Å². The van der Waals surface area contributed by atoms with Crippen molar-refractivity contribution in [1.29, 1.82) is 0 Å². The van der Waals surface area contributed by atoms with Crippen LogP contribution in [0.5, 0.6) is 0 Å². The van der Waals surface area contributed by atoms with E-state index in [0.717, 1.165) is 12.7 Å². The molecule has 2 heterocycles. The fraction of sp³-hybridized carbons (Fsp3) is 0.583. The van der Waals surface area contributed by atoms with Gasteiger partial charge in [0.1, 0.15) is 12.0 Å². The summed E-state index contributed by atoms with van der Waals surface area (Å²) < 4.78 is 0. The lowest BCUT2D eigenvalue weighted by atomic mass is 10.0. The van der Waals surface area contributed by atoms with E-state index < -0.39 is 0 Å². The lowest BCUT2D eigenvalue weighted by Crippen LogP contribution is -2.39. The monoisotopic (exact) mass is 236 g/mol. The summed E-state index contributed by atoms with van der Waals surface area (Å²) in [5.41, 5.74) is 1.03. The zero-order chi connectivity index (χ0) is 12.6. The van der Waals surface area contributed by atoms with Gasteiger partial charge in [-0.1, -0.05) is 0 Å². The van der Waals surface area contributed by atoms with Crippen LogP contribution in [0.3, 0.4) is 0 Å². The lowest BCUT2D eigenvalue weighted by Gasteiger charge is -2.27. The highest BCUT2D eigenvalue weighted by Crippen LogP contribution is 2.31. The fourth-order valence-corrected chi connectivity index (χ4v) is 2.43. The second kappa shape index (κ2) is 4.31. The van der Waals surface area contributed by atoms with Gasteiger partial charge in [0, 0.05) is 18.2 Å². The van der Waals surface area contributed by atoms with Gasteiger partial charge in [0.15, 0.2) is 0 Å². The molecule has 0 radical (unpaired) electrons. The molecular weight excluding hydrogens is 220 g/mol. The number of hydrogen-bond donors (Lipinski definition) is 0. The molecule has 0 aromatic carbocycles. The molecule has 0 saturated carbocycles. The van der Waals surface area contributed by atoms with Gasteiger partial charge in [0.25, 0.3) is 11.8 Å². The molecule has 5 nitrogen and oxygen atoms in total. The van der Waals surface area contributed by atoms with E-state index in [4.69, 9.17) is 0 Å². The molecule has 2 rings (SSSR count). The fourth-order valence-electron chi connectivity index (χ4n) is 2.43. The van der Waals surface area contributed by atoms with Gasteiger partial charge in [-0.25, -0.2) is 0 Å². The van der Waals surface area contributed by atoms with Crippen molar-refractivity contribution in [3.05, 3.63) is 11.3 Å². The van der Waals surface area contributed by atoms with Crippen LogP contribution in [0.1, 0.15) is 26.7 Å². The molecule has 0 aromatic rings. The molecule has 2 aliphatic heterocycles. The Balaban J connectivity index is 2.37. The van der Waals surface area contributed by atoms with Crippen molar-refractivity contribution < 1.29 is 14.4 Å². The summed E-state index contributed by atoms with van der Waals surface area (Å²) in [6.07, 6.45) is 2.22. The van der Waals surface area contributed by atoms with Crippen LogP contribution in [-0.2, 0) is 14.4 Å². The van der Waals surface area contributed by atoms with Crippen LogP contribution in [0.15, 0.2) is 11.3 Å². The van der Waals surface area contributed by atoms with Gasteiger partial charge in [-0.2, -0.15) is 0 Å². The van der Waals surface area contributed by atoms with Crippen molar-refractivity contribution >= 4 is 18.1 Å². The number of amides is 2. The SMILES string of the molecule is CC(C)N1C(=O)C2=C(C1=O)N(CC=O)CCC2. The summed E-state index contributed by atoms with van der Waals surface area (Å²) in [6.45, 7) is 4.49. The van der Waals surface area contributed by atoms with Crippen LogP contribution in [0, 0.1) is 0 Å². The molecule has 0 N–H and O–H groups in total. The Morgan fingerprint density at radius 1 is 1.29 bits per heavy atom. The van der Waals surface area contributed by atoms with Crippen molar-refractivity contribution in [2.45, 2.75) is 32.7 Å². The number of nitrogens with zero attached hydrogens (tertiary/aromatic N) is 2. The number of rotatable bonds is 3. The molecule has 0 spiro atoms. The Kier molecular flexibility index (Phi) is 3.00. The summed E-state index contributed by atoms with van der Waals surface area (Å²) in [7, 11) is 0. The van der Waals surface area contributed by atoms with E-state index in [9.17, 15) is 14.4 Å². The van der Waals surface area contributed by atoms with E-state index in [1.807, 2.05) is 13.8 Å². The quantitative estimate of drug-likeness (QED) is 0.523. The highest BCUT2D eigenvalue weighted by atomic mass is 16.2. The van der Waals surface area contributed by atoms with E-state index in [0.29, 0.717) is 24.2 Å². The van der Waals surface area contributed by atoms with Gasteiger partial charge < -0.3 is 9.69 Å². The minimum absolute atomic E-state index is 0.140. The normalized spacial score (nSPS) is 20.4. The minimum Gasteiger partial charge on any atom is -0.360 e. The Morgan fingerprint density at radius 3 is 2.59 bits per heavy atom. The van der Waals surface area contributed by atoms with E-state index in [2.05, 4.69) is 0 Å². The Bertz CT molecular complexity index is 412. The molecule has 0 atom stereocenters. The van der Waals surface area contributed by atoms with E-state index >= 15 is 0 Å². The van der Waals surface area contributed by atoms with Crippen molar-refractivity contribution in [3.63, 3.8) is 0 Å². The topological polar surface area (TPSA) is 57.7 Å². The van der Waals surface area contributed by atoms with Crippen LogP contribution in [0.25, 0.3) is 0 Å². The van der Waals surface area contributed by atoms with Gasteiger partial charge in [-0.3, -0.25) is 14.5 Å². The summed E-state index contributed by atoms with van der Waals surface area (Å²) in [5, 5.41) is 0. The van der Waals surface area contributed by atoms with Gasteiger partial charge in [-0.05, 0) is 26.7 Å². The maximum atomic E-state index is 12.2. The van der Waals surface area contributed by atoms with Crippen LogP contribution >= 0.6 is 0 Å². The maximum absolute atomic E-state index is 12.2. The van der Waals surface area contributed by atoms with Crippen LogP contribution < -0.4 is 0 Å². The average molecular weight is 236 g/mol. The van der Waals surface area contributed by atoms with E-state index in [1.54, 1.807) is 4.90 Å². The van der Waals surface area contributed by atoms with Gasteiger partial charge in [0.05, 0.1) is 6.54 Å². The third kappa shape index (κ3) is 1.75. The van der Waals surface area contributed by atoms with Crippen LogP contribution in [0.2, 0.25) is 0 Å². The summed E-state index contributed by atoms with van der Waals surface area (Å²) >= 11 is 0. The molecule has 0 aliphatic carbocycles. The number of carbonyl (C=O) groups excluding carboxylic acids is 3. The smallest absolute Gasteiger partial charge is 0.277 e. The minimum atomic E-state index is -0.249. The Hall–Kier alpha value is -1.65. The molecule has 0 aromatic heterocycles. The van der Waals surface area contributed by atoms with E-state index in [-0.39, 0.29) is 24.4 Å². The summed E-state index contributed by atoms with van der Waals surface area (Å²) in [4.78, 5) is 37.8. The molecule has 5 heteroatoms. The lowest BCUT2D eigenvalue weighted by molar-refractivity contribution is -0.140. The van der Waals surface area contributed by atoms with Gasteiger partial charge in [-0.15, -0.1) is 0 Å². The summed E-state index contributed by atoms with van der Waals surface area (Å²) in [5.74, 6) is -0.433. The number of hydrogen-bond acceptors (Lipinski definition) is 4. The molecule has 0 fully saturated rings. The highest BCUT2D eigenvalue weighted by Gasteiger charge is 2.43. The maximum Gasteiger partial charge on any atom is 0.277 e. The second-order valence-electron chi connectivity index (χ2n) is 4.62. The third-order valence-electron chi connectivity index (χ3n) is 3.17.